The van der Waals surface area contributed by atoms with Gasteiger partial charge in [0.2, 0.25) is 0 Å². The number of methoxy groups -OCH3 is 1. The third-order valence-electron chi connectivity index (χ3n) is 4.20. The minimum Gasteiger partial charge on any atom is -0.465 e. The van der Waals surface area contributed by atoms with Gasteiger partial charge in [0, 0.05) is 5.69 Å². The Labute approximate surface area is 155 Å². The van der Waals surface area contributed by atoms with Crippen LogP contribution in [0, 0.1) is 13.8 Å². The van der Waals surface area contributed by atoms with Gasteiger partial charge in [-0.2, -0.15) is 5.10 Å². The summed E-state index contributed by atoms with van der Waals surface area (Å²) in [5.74, 6) is -0.0263. The third kappa shape index (κ3) is 2.83. The molecule has 11 heteroatoms. The highest BCUT2D eigenvalue weighted by Crippen LogP contribution is 2.32. The largest absolute Gasteiger partial charge is 0.465 e. The predicted octanol–water partition coefficient (Wildman–Crippen LogP) is 2.92. The van der Waals surface area contributed by atoms with Crippen LogP contribution in [-0.2, 0) is 11.3 Å². The topological polar surface area (TPSA) is 87.2 Å². The van der Waals surface area contributed by atoms with Gasteiger partial charge in [-0.1, -0.05) is 0 Å². The Morgan fingerprint density at radius 1 is 1.33 bits per heavy atom. The first-order valence-corrected chi connectivity index (χ1v) is 8.75. The number of fused-ring (bicyclic) bond motifs is 3. The Balaban J connectivity index is 1.79. The van der Waals surface area contributed by atoms with Crippen molar-refractivity contribution in [1.82, 2.24) is 29.4 Å². The van der Waals surface area contributed by atoms with Gasteiger partial charge in [0.05, 0.1) is 12.5 Å². The monoisotopic (exact) mass is 392 g/mol. The molecule has 0 radical (unpaired) electrons. The van der Waals surface area contributed by atoms with E-state index in [4.69, 9.17) is 4.74 Å². The van der Waals surface area contributed by atoms with Crippen LogP contribution in [0.2, 0.25) is 0 Å². The zero-order valence-electron chi connectivity index (χ0n) is 14.6. The van der Waals surface area contributed by atoms with Crippen molar-refractivity contribution < 1.29 is 18.3 Å². The molecule has 0 bridgehead atoms. The number of halogens is 2. The molecule has 8 nitrogen and oxygen atoms in total. The highest BCUT2D eigenvalue weighted by molar-refractivity contribution is 7.20. The van der Waals surface area contributed by atoms with Gasteiger partial charge in [0.1, 0.15) is 28.3 Å². The Kier molecular flexibility index (Phi) is 4.10. The number of thiophene rings is 1. The zero-order valence-corrected chi connectivity index (χ0v) is 15.4. The molecule has 0 spiro atoms. The average molecular weight is 392 g/mol. The fraction of sp³-hybridized carbons (Fsp3) is 0.312. The predicted molar refractivity (Wildman–Crippen MR) is 93.3 cm³/mol. The molecule has 27 heavy (non-hydrogen) atoms. The number of rotatable bonds is 4. The van der Waals surface area contributed by atoms with Crippen LogP contribution in [0.5, 0.6) is 0 Å². The second kappa shape index (κ2) is 6.34. The first kappa shape index (κ1) is 17.5. The summed E-state index contributed by atoms with van der Waals surface area (Å²) in [6.07, 6.45) is -1.13. The van der Waals surface area contributed by atoms with Crippen LogP contribution in [0.1, 0.15) is 38.9 Å². The maximum Gasteiger partial charge on any atom is 0.348 e. The van der Waals surface area contributed by atoms with Crippen LogP contribution in [0.4, 0.5) is 8.78 Å². The first-order chi connectivity index (χ1) is 12.9. The highest BCUT2D eigenvalue weighted by atomic mass is 32.1. The van der Waals surface area contributed by atoms with Crippen LogP contribution in [-0.4, -0.2) is 42.4 Å². The summed E-state index contributed by atoms with van der Waals surface area (Å²) < 4.78 is 33.4. The number of carbonyl (C=O) groups is 1. The van der Waals surface area contributed by atoms with Crippen molar-refractivity contribution in [1.29, 1.82) is 0 Å². The minimum absolute atomic E-state index is 0.148. The van der Waals surface area contributed by atoms with Crippen LogP contribution in [0.15, 0.2) is 12.4 Å². The van der Waals surface area contributed by atoms with Crippen molar-refractivity contribution in [3.05, 3.63) is 40.0 Å². The molecule has 0 saturated heterocycles. The lowest BCUT2D eigenvalue weighted by molar-refractivity contribution is 0.0605. The van der Waals surface area contributed by atoms with Crippen LogP contribution in [0.3, 0.4) is 0 Å². The third-order valence-corrected chi connectivity index (χ3v) is 5.38. The first-order valence-electron chi connectivity index (χ1n) is 7.93. The number of nitrogens with zero attached hydrogens (tertiary/aromatic N) is 6. The second-order valence-electron chi connectivity index (χ2n) is 5.94. The number of ether oxygens (including phenoxy) is 1. The van der Waals surface area contributed by atoms with Gasteiger partial charge < -0.3 is 4.74 Å². The molecule has 0 aliphatic heterocycles. The molecule has 0 aliphatic rings. The highest BCUT2D eigenvalue weighted by Gasteiger charge is 2.21. The molecule has 0 saturated carbocycles. The van der Waals surface area contributed by atoms with E-state index in [1.165, 1.54) is 40.0 Å². The van der Waals surface area contributed by atoms with Crippen molar-refractivity contribution in [3.8, 4) is 0 Å². The molecular formula is C16H14F2N6O2S. The van der Waals surface area contributed by atoms with Crippen molar-refractivity contribution >= 4 is 33.2 Å². The average Bonchev–Trinajstić information content (AvgIpc) is 3.30. The van der Waals surface area contributed by atoms with E-state index in [2.05, 4.69) is 20.2 Å². The van der Waals surface area contributed by atoms with Gasteiger partial charge in [-0.15, -0.1) is 16.4 Å². The SMILES string of the molecule is COC(=O)c1sc2ncn3nc(Cn4nc(C(F)F)cc4C)nc3c2c1C. The van der Waals surface area contributed by atoms with Crippen LogP contribution < -0.4 is 0 Å². The lowest BCUT2D eigenvalue weighted by Crippen LogP contribution is -2.06. The Bertz CT molecular complexity index is 1180. The van der Waals surface area contributed by atoms with E-state index in [1.807, 2.05) is 0 Å². The normalized spacial score (nSPS) is 11.8. The number of alkyl halides is 2. The summed E-state index contributed by atoms with van der Waals surface area (Å²) in [4.78, 5) is 21.9. The molecular weight excluding hydrogens is 378 g/mol. The molecule has 0 unspecified atom stereocenters. The molecule has 140 valence electrons. The molecule has 4 rings (SSSR count). The molecule has 0 aromatic carbocycles. The second-order valence-corrected chi connectivity index (χ2v) is 6.94. The van der Waals surface area contributed by atoms with Crippen LogP contribution >= 0.6 is 11.3 Å². The lowest BCUT2D eigenvalue weighted by atomic mass is 10.2. The number of esters is 1. The summed E-state index contributed by atoms with van der Waals surface area (Å²) in [6, 6.07) is 1.34. The maximum atomic E-state index is 12.8. The van der Waals surface area contributed by atoms with Gasteiger partial charge in [-0.05, 0) is 25.5 Å². The molecule has 4 aromatic heterocycles. The number of hydrogen-bond donors (Lipinski definition) is 0. The Morgan fingerprint density at radius 2 is 2.11 bits per heavy atom. The maximum absolute atomic E-state index is 12.8. The lowest BCUT2D eigenvalue weighted by Gasteiger charge is -1.99. The Hall–Kier alpha value is -2.95. The van der Waals surface area contributed by atoms with Crippen molar-refractivity contribution in [3.63, 3.8) is 0 Å². The minimum atomic E-state index is -2.63. The van der Waals surface area contributed by atoms with E-state index >= 15 is 0 Å². The van der Waals surface area contributed by atoms with Crippen molar-refractivity contribution in [2.45, 2.75) is 26.8 Å². The number of aryl methyl sites for hydroxylation is 2. The van der Waals surface area contributed by atoms with E-state index in [-0.39, 0.29) is 12.2 Å². The molecule has 0 fully saturated rings. The molecule has 4 aromatic rings. The van der Waals surface area contributed by atoms with Crippen LogP contribution in [0.25, 0.3) is 15.9 Å². The molecule has 0 atom stereocenters. The van der Waals surface area contributed by atoms with Gasteiger partial charge in [0.25, 0.3) is 6.43 Å². The number of aromatic nitrogens is 6. The number of carbonyl (C=O) groups excluding carboxylic acids is 1. The summed E-state index contributed by atoms with van der Waals surface area (Å²) in [6.45, 7) is 3.64. The molecule has 4 heterocycles. The van der Waals surface area contributed by atoms with E-state index < -0.39 is 12.4 Å². The van der Waals surface area contributed by atoms with E-state index in [0.29, 0.717) is 37.8 Å². The zero-order chi connectivity index (χ0) is 19.3. The fourth-order valence-corrected chi connectivity index (χ4v) is 3.93. The van der Waals surface area contributed by atoms with E-state index in [9.17, 15) is 13.6 Å². The standard InChI is InChI=1S/C16H14F2N6O2S/c1-7-4-9(13(17)18)21-23(7)5-10-20-14-11-8(2)12(16(25)26-3)27-15(11)19-6-24(14)22-10/h4,6,13H,5H2,1-3H3. The molecule has 0 N–H and O–H groups in total. The summed E-state index contributed by atoms with van der Waals surface area (Å²) in [7, 11) is 1.32. The summed E-state index contributed by atoms with van der Waals surface area (Å²) in [5.41, 5.74) is 1.57. The van der Waals surface area contributed by atoms with Crippen molar-refractivity contribution in [2.75, 3.05) is 7.11 Å². The number of hydrogen-bond acceptors (Lipinski definition) is 7. The summed E-state index contributed by atoms with van der Waals surface area (Å²) in [5, 5.41) is 8.96. The molecule has 0 amide bonds. The Morgan fingerprint density at radius 3 is 2.78 bits per heavy atom. The van der Waals surface area contributed by atoms with Gasteiger partial charge in [-0.3, -0.25) is 4.68 Å². The van der Waals surface area contributed by atoms with Gasteiger partial charge in [-0.25, -0.2) is 28.1 Å². The fourth-order valence-electron chi connectivity index (χ4n) is 2.87. The molecule has 0 aliphatic carbocycles. The van der Waals surface area contributed by atoms with Gasteiger partial charge in [0.15, 0.2) is 11.5 Å². The summed E-state index contributed by atoms with van der Waals surface area (Å²) >= 11 is 1.23. The van der Waals surface area contributed by atoms with E-state index in [0.717, 1.165) is 0 Å². The van der Waals surface area contributed by atoms with Gasteiger partial charge >= 0.3 is 5.97 Å². The van der Waals surface area contributed by atoms with Crippen molar-refractivity contribution in [2.24, 2.45) is 0 Å². The smallest absolute Gasteiger partial charge is 0.348 e. The quantitative estimate of drug-likeness (QED) is 0.496. The van der Waals surface area contributed by atoms with E-state index in [1.54, 1.807) is 13.8 Å².